The summed E-state index contributed by atoms with van der Waals surface area (Å²) < 4.78 is 0. The Hall–Kier alpha value is -0.610. The minimum atomic E-state index is -0.485. The van der Waals surface area contributed by atoms with Crippen molar-refractivity contribution in [1.29, 1.82) is 0 Å². The molecule has 76 valence electrons. The quantitative estimate of drug-likeness (QED) is 0.547. The lowest BCUT2D eigenvalue weighted by molar-refractivity contribution is -0.121. The van der Waals surface area contributed by atoms with Gasteiger partial charge in [-0.05, 0) is 25.7 Å². The number of hydrogen-bond acceptors (Lipinski definition) is 3. The highest BCUT2D eigenvalue weighted by Crippen LogP contribution is 2.32. The van der Waals surface area contributed by atoms with Crippen molar-refractivity contribution < 1.29 is 9.90 Å². The van der Waals surface area contributed by atoms with Gasteiger partial charge in [0, 0.05) is 19.0 Å². The molecule has 0 bridgehead atoms. The van der Waals surface area contributed by atoms with Crippen LogP contribution in [0.1, 0.15) is 26.2 Å². The molecule has 0 aliphatic heterocycles. The van der Waals surface area contributed by atoms with Crippen molar-refractivity contribution in [3.8, 4) is 0 Å². The predicted molar refractivity (Wildman–Crippen MR) is 50.0 cm³/mol. The Morgan fingerprint density at radius 1 is 1.69 bits per heavy atom. The topological polar surface area (TPSA) is 75.3 Å². The van der Waals surface area contributed by atoms with E-state index < -0.39 is 6.10 Å². The highest BCUT2D eigenvalue weighted by atomic mass is 16.3. The van der Waals surface area contributed by atoms with Gasteiger partial charge in [-0.15, -0.1) is 0 Å². The Labute approximate surface area is 78.5 Å². The van der Waals surface area contributed by atoms with Gasteiger partial charge in [0.2, 0.25) is 5.91 Å². The molecule has 4 nitrogen and oxygen atoms in total. The molecular weight excluding hydrogens is 168 g/mol. The number of nitrogens with two attached hydrogens (primary N) is 1. The number of amides is 1. The second kappa shape index (κ2) is 4.58. The number of rotatable bonds is 5. The lowest BCUT2D eigenvalue weighted by atomic mass is 10.1. The van der Waals surface area contributed by atoms with Gasteiger partial charge < -0.3 is 16.2 Å². The van der Waals surface area contributed by atoms with Gasteiger partial charge in [0.1, 0.15) is 0 Å². The number of carbonyl (C=O) groups is 1. The molecule has 1 fully saturated rings. The summed E-state index contributed by atoms with van der Waals surface area (Å²) in [6, 6.07) is 0.00833. The second-order valence-electron chi connectivity index (χ2n) is 3.86. The Balaban J connectivity index is 2.09. The molecule has 0 radical (unpaired) electrons. The van der Waals surface area contributed by atoms with Crippen LogP contribution in [0.4, 0.5) is 0 Å². The van der Waals surface area contributed by atoms with E-state index in [4.69, 9.17) is 10.8 Å². The fourth-order valence-corrected chi connectivity index (χ4v) is 1.24. The first-order chi connectivity index (χ1) is 6.09. The molecule has 0 aromatic carbocycles. The molecular formula is C9H18N2O2. The van der Waals surface area contributed by atoms with Gasteiger partial charge in [0.25, 0.3) is 0 Å². The van der Waals surface area contributed by atoms with E-state index in [0.717, 1.165) is 12.8 Å². The van der Waals surface area contributed by atoms with Crippen LogP contribution in [-0.2, 0) is 4.79 Å². The first kappa shape index (κ1) is 10.5. The average Bonchev–Trinajstić information content (AvgIpc) is 2.82. The van der Waals surface area contributed by atoms with Crippen LogP contribution >= 0.6 is 0 Å². The summed E-state index contributed by atoms with van der Waals surface area (Å²) in [7, 11) is 0. The molecule has 1 aliphatic rings. The van der Waals surface area contributed by atoms with Crippen LogP contribution in [0.15, 0.2) is 0 Å². The number of carbonyl (C=O) groups excluding carboxylic acids is 1. The first-order valence-electron chi connectivity index (χ1n) is 4.80. The highest BCUT2D eigenvalue weighted by Gasteiger charge is 2.29. The minimum Gasteiger partial charge on any atom is -0.392 e. The number of hydrogen-bond donors (Lipinski definition) is 3. The molecule has 13 heavy (non-hydrogen) atoms. The number of aliphatic hydroxyl groups excluding tert-OH is 1. The molecule has 0 heterocycles. The molecule has 4 N–H and O–H groups in total. The van der Waals surface area contributed by atoms with Crippen molar-refractivity contribution in [2.24, 2.45) is 11.7 Å². The third kappa shape index (κ3) is 4.24. The maximum absolute atomic E-state index is 11.2. The maximum atomic E-state index is 11.2. The monoisotopic (exact) mass is 186 g/mol. The molecule has 1 unspecified atom stereocenters. The lowest BCUT2D eigenvalue weighted by Crippen LogP contribution is -2.36. The van der Waals surface area contributed by atoms with Crippen molar-refractivity contribution in [1.82, 2.24) is 5.32 Å². The van der Waals surface area contributed by atoms with Crippen LogP contribution in [0.3, 0.4) is 0 Å². The molecule has 1 amide bonds. The zero-order chi connectivity index (χ0) is 9.84. The second-order valence-corrected chi connectivity index (χ2v) is 3.86. The van der Waals surface area contributed by atoms with E-state index in [2.05, 4.69) is 5.32 Å². The summed E-state index contributed by atoms with van der Waals surface area (Å²) in [4.78, 5) is 11.2. The summed E-state index contributed by atoms with van der Waals surface area (Å²) in [6.45, 7) is 1.96. The van der Waals surface area contributed by atoms with E-state index in [9.17, 15) is 4.79 Å². The van der Waals surface area contributed by atoms with E-state index in [1.807, 2.05) is 0 Å². The fourth-order valence-electron chi connectivity index (χ4n) is 1.24. The van der Waals surface area contributed by atoms with Gasteiger partial charge in [0.05, 0.1) is 6.10 Å². The van der Waals surface area contributed by atoms with Gasteiger partial charge >= 0.3 is 0 Å². The van der Waals surface area contributed by atoms with Crippen molar-refractivity contribution in [3.63, 3.8) is 0 Å². The summed E-state index contributed by atoms with van der Waals surface area (Å²) in [6.07, 6.45) is 2.22. The molecule has 1 saturated carbocycles. The zero-order valence-corrected chi connectivity index (χ0v) is 7.99. The Kier molecular flexibility index (Phi) is 3.69. The van der Waals surface area contributed by atoms with E-state index in [1.54, 1.807) is 6.92 Å². The van der Waals surface area contributed by atoms with E-state index >= 15 is 0 Å². The fraction of sp³-hybridized carbons (Fsp3) is 0.889. The van der Waals surface area contributed by atoms with Crippen LogP contribution in [-0.4, -0.2) is 29.7 Å². The first-order valence-corrected chi connectivity index (χ1v) is 4.80. The van der Waals surface area contributed by atoms with E-state index in [1.165, 1.54) is 0 Å². The van der Waals surface area contributed by atoms with Gasteiger partial charge in [-0.2, -0.15) is 0 Å². The molecule has 0 saturated heterocycles. The molecule has 0 aromatic rings. The van der Waals surface area contributed by atoms with Gasteiger partial charge in [0.15, 0.2) is 0 Å². The summed E-state index contributed by atoms with van der Waals surface area (Å²) >= 11 is 0. The van der Waals surface area contributed by atoms with E-state index in [-0.39, 0.29) is 11.9 Å². The van der Waals surface area contributed by atoms with Crippen LogP contribution in [0.2, 0.25) is 0 Å². The summed E-state index contributed by atoms with van der Waals surface area (Å²) in [5.41, 5.74) is 5.76. The molecule has 0 spiro atoms. The normalized spacial score (nSPS) is 20.8. The van der Waals surface area contributed by atoms with Gasteiger partial charge in [-0.25, -0.2) is 0 Å². The van der Waals surface area contributed by atoms with E-state index in [0.29, 0.717) is 18.9 Å². The predicted octanol–water partition coefficient (Wildman–Crippen LogP) is -0.389. The maximum Gasteiger partial charge on any atom is 0.221 e. The molecule has 2 atom stereocenters. The number of aliphatic hydroxyl groups is 1. The van der Waals surface area contributed by atoms with Crippen LogP contribution < -0.4 is 11.1 Å². The molecule has 4 heteroatoms. The average molecular weight is 186 g/mol. The van der Waals surface area contributed by atoms with Crippen LogP contribution in [0.5, 0.6) is 0 Å². The third-order valence-electron chi connectivity index (χ3n) is 2.24. The lowest BCUT2D eigenvalue weighted by Gasteiger charge is -2.11. The Bertz CT molecular complexity index is 178. The largest absolute Gasteiger partial charge is 0.392 e. The third-order valence-corrected chi connectivity index (χ3v) is 2.24. The van der Waals surface area contributed by atoms with Crippen LogP contribution in [0.25, 0.3) is 0 Å². The van der Waals surface area contributed by atoms with Gasteiger partial charge in [-0.3, -0.25) is 4.79 Å². The Morgan fingerprint density at radius 2 is 2.31 bits per heavy atom. The molecule has 1 aliphatic carbocycles. The SMILES string of the molecule is C[C@@H](O)CNC(=O)CC(N)C1CC1. The standard InChI is InChI=1S/C9H18N2O2/c1-6(12)5-11-9(13)4-8(10)7-2-3-7/h6-8,12H,2-5,10H2,1H3,(H,11,13)/t6-,8?/m1/s1. The zero-order valence-electron chi connectivity index (χ0n) is 7.99. The highest BCUT2D eigenvalue weighted by molar-refractivity contribution is 5.76. The van der Waals surface area contributed by atoms with Crippen molar-refractivity contribution in [2.45, 2.75) is 38.3 Å². The van der Waals surface area contributed by atoms with Crippen molar-refractivity contribution in [2.75, 3.05) is 6.54 Å². The molecule has 0 aromatic heterocycles. The minimum absolute atomic E-state index is 0.00833. The van der Waals surface area contributed by atoms with Crippen molar-refractivity contribution in [3.05, 3.63) is 0 Å². The molecule has 1 rings (SSSR count). The van der Waals surface area contributed by atoms with Gasteiger partial charge in [-0.1, -0.05) is 0 Å². The van der Waals surface area contributed by atoms with Crippen molar-refractivity contribution >= 4 is 5.91 Å². The van der Waals surface area contributed by atoms with Crippen LogP contribution in [0, 0.1) is 5.92 Å². The smallest absolute Gasteiger partial charge is 0.221 e. The number of nitrogens with one attached hydrogen (secondary N) is 1. The summed E-state index contributed by atoms with van der Waals surface area (Å²) in [5.74, 6) is 0.498. The Morgan fingerprint density at radius 3 is 2.77 bits per heavy atom. The summed E-state index contributed by atoms with van der Waals surface area (Å²) in [5, 5.41) is 11.5.